The van der Waals surface area contributed by atoms with Crippen LogP contribution in [-0.4, -0.2) is 43.4 Å². The summed E-state index contributed by atoms with van der Waals surface area (Å²) in [4.78, 5) is 8.38. The fraction of sp³-hybridized carbons (Fsp3) is 0.667. The molecule has 0 saturated heterocycles. The third kappa shape index (κ3) is 4.62. The second kappa shape index (κ2) is 8.63. The van der Waals surface area contributed by atoms with Crippen LogP contribution in [0.5, 0.6) is 0 Å². The highest BCUT2D eigenvalue weighted by Gasteiger charge is 2.12. The van der Waals surface area contributed by atoms with Crippen LogP contribution < -0.4 is 16.6 Å². The van der Waals surface area contributed by atoms with Crippen molar-refractivity contribution < 1.29 is 9.47 Å². The Morgan fingerprint density at radius 1 is 1.32 bits per heavy atom. The van der Waals surface area contributed by atoms with Gasteiger partial charge in [-0.05, 0) is 6.42 Å². The highest BCUT2D eigenvalue weighted by molar-refractivity contribution is 5.56. The van der Waals surface area contributed by atoms with Crippen LogP contribution in [0.1, 0.15) is 18.9 Å². The van der Waals surface area contributed by atoms with Gasteiger partial charge in [0.2, 0.25) is 0 Å². The highest BCUT2D eigenvalue weighted by atomic mass is 16.5. The maximum atomic E-state index is 5.47. The van der Waals surface area contributed by atoms with Crippen molar-refractivity contribution >= 4 is 11.6 Å². The normalized spacial score (nSPS) is 12.2. The van der Waals surface area contributed by atoms with Crippen LogP contribution in [-0.2, 0) is 15.9 Å². The molecule has 108 valence electrons. The summed E-state index contributed by atoms with van der Waals surface area (Å²) in [5, 5.41) is 3.26. The van der Waals surface area contributed by atoms with E-state index in [0.29, 0.717) is 19.0 Å². The molecule has 0 aliphatic carbocycles. The molecule has 1 heterocycles. The summed E-state index contributed by atoms with van der Waals surface area (Å²) in [6.45, 7) is 3.24. The van der Waals surface area contributed by atoms with Gasteiger partial charge in [0.15, 0.2) is 0 Å². The van der Waals surface area contributed by atoms with E-state index in [4.69, 9.17) is 15.3 Å². The van der Waals surface area contributed by atoms with E-state index in [1.165, 1.54) is 6.33 Å². The Labute approximate surface area is 113 Å². The first-order valence-electron chi connectivity index (χ1n) is 6.32. The lowest BCUT2D eigenvalue weighted by molar-refractivity contribution is 0.0365. The van der Waals surface area contributed by atoms with Crippen LogP contribution >= 0.6 is 0 Å². The first-order chi connectivity index (χ1) is 9.26. The van der Waals surface area contributed by atoms with E-state index in [1.807, 2.05) is 0 Å². The standard InChI is InChI=1S/C12H23N5O2/c1-4-5-10-11(15-8-16-12(10)17-13)14-6-9(19-3)7-18-2/h8-9H,4-7,13H2,1-3H3,(H2,14,15,16,17). The van der Waals surface area contributed by atoms with Crippen LogP contribution in [0.25, 0.3) is 0 Å². The fourth-order valence-electron chi connectivity index (χ4n) is 1.78. The molecule has 7 heteroatoms. The van der Waals surface area contributed by atoms with E-state index in [-0.39, 0.29) is 6.10 Å². The van der Waals surface area contributed by atoms with E-state index in [9.17, 15) is 0 Å². The van der Waals surface area contributed by atoms with Crippen molar-refractivity contribution in [3.63, 3.8) is 0 Å². The quantitative estimate of drug-likeness (QED) is 0.450. The van der Waals surface area contributed by atoms with Gasteiger partial charge in [-0.2, -0.15) is 0 Å². The van der Waals surface area contributed by atoms with Gasteiger partial charge in [0, 0.05) is 26.3 Å². The Morgan fingerprint density at radius 3 is 2.63 bits per heavy atom. The van der Waals surface area contributed by atoms with Crippen LogP contribution in [0.4, 0.5) is 11.6 Å². The Hall–Kier alpha value is -1.44. The summed E-state index contributed by atoms with van der Waals surface area (Å²) in [6.07, 6.45) is 3.30. The SMILES string of the molecule is CCCc1c(NN)ncnc1NCC(COC)OC. The lowest BCUT2D eigenvalue weighted by Crippen LogP contribution is -2.27. The molecule has 0 amide bonds. The summed E-state index contributed by atoms with van der Waals surface area (Å²) in [7, 11) is 3.31. The third-order valence-corrected chi connectivity index (χ3v) is 2.77. The Balaban J connectivity index is 2.76. The largest absolute Gasteiger partial charge is 0.382 e. The van der Waals surface area contributed by atoms with Crippen molar-refractivity contribution in [2.45, 2.75) is 25.9 Å². The van der Waals surface area contributed by atoms with Crippen LogP contribution in [0.2, 0.25) is 0 Å². The maximum Gasteiger partial charge on any atom is 0.148 e. The first-order valence-corrected chi connectivity index (χ1v) is 6.32. The second-order valence-corrected chi connectivity index (χ2v) is 4.14. The van der Waals surface area contributed by atoms with Crippen molar-refractivity contribution in [1.82, 2.24) is 9.97 Å². The minimum Gasteiger partial charge on any atom is -0.382 e. The molecule has 0 radical (unpaired) electrons. The number of rotatable bonds is 9. The number of nitrogens with one attached hydrogen (secondary N) is 2. The van der Waals surface area contributed by atoms with Crippen molar-refractivity contribution in [2.75, 3.05) is 38.1 Å². The van der Waals surface area contributed by atoms with E-state index >= 15 is 0 Å². The summed E-state index contributed by atoms with van der Waals surface area (Å²) in [5.74, 6) is 6.90. The third-order valence-electron chi connectivity index (χ3n) is 2.77. The Morgan fingerprint density at radius 2 is 2.05 bits per heavy atom. The van der Waals surface area contributed by atoms with Crippen molar-refractivity contribution in [3.05, 3.63) is 11.9 Å². The van der Waals surface area contributed by atoms with Gasteiger partial charge in [-0.3, -0.25) is 0 Å². The van der Waals surface area contributed by atoms with E-state index in [1.54, 1.807) is 14.2 Å². The highest BCUT2D eigenvalue weighted by Crippen LogP contribution is 2.20. The molecule has 0 fully saturated rings. The fourth-order valence-corrected chi connectivity index (χ4v) is 1.78. The van der Waals surface area contributed by atoms with Crippen LogP contribution in [0, 0.1) is 0 Å². The molecular formula is C12H23N5O2. The van der Waals surface area contributed by atoms with E-state index < -0.39 is 0 Å². The molecular weight excluding hydrogens is 246 g/mol. The lowest BCUT2D eigenvalue weighted by Gasteiger charge is -2.18. The molecule has 0 bridgehead atoms. The zero-order valence-electron chi connectivity index (χ0n) is 11.8. The predicted molar refractivity (Wildman–Crippen MR) is 75.0 cm³/mol. The molecule has 1 atom stereocenters. The number of hydrazine groups is 1. The van der Waals surface area contributed by atoms with Crippen molar-refractivity contribution in [2.24, 2.45) is 5.84 Å². The monoisotopic (exact) mass is 269 g/mol. The molecule has 1 aromatic rings. The summed E-state index contributed by atoms with van der Waals surface area (Å²) in [5.41, 5.74) is 3.59. The molecule has 1 aromatic heterocycles. The molecule has 0 spiro atoms. The average molecular weight is 269 g/mol. The summed E-state index contributed by atoms with van der Waals surface area (Å²) >= 11 is 0. The van der Waals surface area contributed by atoms with Gasteiger partial charge in [-0.15, -0.1) is 0 Å². The number of hydrogen-bond donors (Lipinski definition) is 3. The number of aromatic nitrogens is 2. The summed E-state index contributed by atoms with van der Waals surface area (Å²) in [6, 6.07) is 0. The molecule has 1 unspecified atom stereocenters. The van der Waals surface area contributed by atoms with Crippen LogP contribution in [0.3, 0.4) is 0 Å². The molecule has 19 heavy (non-hydrogen) atoms. The maximum absolute atomic E-state index is 5.47. The van der Waals surface area contributed by atoms with Gasteiger partial charge in [-0.25, -0.2) is 15.8 Å². The van der Waals surface area contributed by atoms with Crippen LogP contribution in [0.15, 0.2) is 6.33 Å². The molecule has 7 nitrogen and oxygen atoms in total. The van der Waals surface area contributed by atoms with Gasteiger partial charge in [0.05, 0.1) is 12.7 Å². The molecule has 0 aliphatic rings. The number of nitrogen functional groups attached to an aromatic ring is 1. The van der Waals surface area contributed by atoms with E-state index in [2.05, 4.69) is 27.6 Å². The zero-order chi connectivity index (χ0) is 14.1. The molecule has 0 aliphatic heterocycles. The lowest BCUT2D eigenvalue weighted by atomic mass is 10.1. The zero-order valence-corrected chi connectivity index (χ0v) is 11.8. The number of hydrogen-bond acceptors (Lipinski definition) is 7. The minimum atomic E-state index is -0.0243. The second-order valence-electron chi connectivity index (χ2n) is 4.14. The molecule has 0 saturated carbocycles. The molecule has 4 N–H and O–H groups in total. The topological polar surface area (TPSA) is 94.3 Å². The number of nitrogens with two attached hydrogens (primary N) is 1. The first kappa shape index (κ1) is 15.6. The molecule has 1 rings (SSSR count). The Bertz CT molecular complexity index is 375. The number of nitrogens with zero attached hydrogens (tertiary/aromatic N) is 2. The average Bonchev–Trinajstić information content (AvgIpc) is 2.44. The van der Waals surface area contributed by atoms with Gasteiger partial charge in [0.25, 0.3) is 0 Å². The smallest absolute Gasteiger partial charge is 0.148 e. The molecule has 0 aromatic carbocycles. The number of methoxy groups -OCH3 is 2. The van der Waals surface area contributed by atoms with Crippen molar-refractivity contribution in [1.29, 1.82) is 0 Å². The Kier molecular flexibility index (Phi) is 7.09. The van der Waals surface area contributed by atoms with Gasteiger partial charge in [-0.1, -0.05) is 13.3 Å². The van der Waals surface area contributed by atoms with Gasteiger partial charge < -0.3 is 20.2 Å². The van der Waals surface area contributed by atoms with Gasteiger partial charge in [0.1, 0.15) is 18.0 Å². The predicted octanol–water partition coefficient (Wildman–Crippen LogP) is 0.788. The van der Waals surface area contributed by atoms with Gasteiger partial charge >= 0.3 is 0 Å². The van der Waals surface area contributed by atoms with Crippen molar-refractivity contribution in [3.8, 4) is 0 Å². The number of anilines is 2. The van der Waals surface area contributed by atoms with E-state index in [0.717, 1.165) is 24.2 Å². The minimum absolute atomic E-state index is 0.0243. The number of ether oxygens (including phenoxy) is 2. The summed E-state index contributed by atoms with van der Waals surface area (Å²) < 4.78 is 10.4.